The summed E-state index contributed by atoms with van der Waals surface area (Å²) in [5.74, 6) is 0.515. The van der Waals surface area contributed by atoms with Crippen molar-refractivity contribution in [2.24, 2.45) is 0 Å². The van der Waals surface area contributed by atoms with Crippen molar-refractivity contribution in [2.45, 2.75) is 26.8 Å². The molecule has 1 N–H and O–H groups in total. The van der Waals surface area contributed by atoms with E-state index in [1.54, 1.807) is 41.0 Å². The Morgan fingerprint density at radius 1 is 0.971 bits per heavy atom. The summed E-state index contributed by atoms with van der Waals surface area (Å²) in [5.41, 5.74) is 3.27. The van der Waals surface area contributed by atoms with Crippen molar-refractivity contribution in [1.82, 2.24) is 4.57 Å². The van der Waals surface area contributed by atoms with Crippen LogP contribution in [0.4, 0.5) is 5.69 Å². The minimum atomic E-state index is -0.372. The van der Waals surface area contributed by atoms with E-state index in [0.717, 1.165) is 17.5 Å². The number of nitrogens with one attached hydrogen (secondary N) is 1. The summed E-state index contributed by atoms with van der Waals surface area (Å²) in [4.78, 5) is 39.6. The average Bonchev–Trinajstić information content (AvgIpc) is 3.33. The summed E-state index contributed by atoms with van der Waals surface area (Å²) in [5, 5.41) is 3.27. The van der Waals surface area contributed by atoms with E-state index >= 15 is 0 Å². The van der Waals surface area contributed by atoms with Crippen molar-refractivity contribution in [3.8, 4) is 11.5 Å². The molecule has 0 atom stereocenters. The van der Waals surface area contributed by atoms with Gasteiger partial charge in [-0.2, -0.15) is 0 Å². The van der Waals surface area contributed by atoms with Gasteiger partial charge in [0.05, 0.1) is 11.1 Å². The van der Waals surface area contributed by atoms with Gasteiger partial charge in [-0.3, -0.25) is 14.4 Å². The van der Waals surface area contributed by atoms with Crippen LogP contribution in [-0.4, -0.2) is 23.1 Å². The lowest BCUT2D eigenvalue weighted by molar-refractivity contribution is -0.116. The fraction of sp³-hybridized carbons (Fsp3) is 0.179. The van der Waals surface area contributed by atoms with Crippen LogP contribution in [-0.2, 0) is 17.8 Å². The van der Waals surface area contributed by atoms with E-state index < -0.39 is 0 Å². The topological polar surface area (TPSA) is 86.6 Å². The second kappa shape index (κ2) is 9.10. The Kier molecular flexibility index (Phi) is 5.82. The summed E-state index contributed by atoms with van der Waals surface area (Å²) in [7, 11) is 0. The second-order valence-electron chi connectivity index (χ2n) is 8.52. The van der Waals surface area contributed by atoms with Crippen LogP contribution in [0, 0.1) is 6.92 Å². The number of carbonyl (C=O) groups is 2. The first-order valence-corrected chi connectivity index (χ1v) is 11.4. The largest absolute Gasteiger partial charge is 0.454 e. The average molecular weight is 469 g/mol. The predicted octanol–water partition coefficient (Wildman–Crippen LogP) is 4.47. The van der Waals surface area contributed by atoms with Crippen LogP contribution in [0.3, 0.4) is 0 Å². The molecule has 0 saturated heterocycles. The molecule has 5 rings (SSSR count). The summed E-state index contributed by atoms with van der Waals surface area (Å²) < 4.78 is 12.3. The molecule has 4 aromatic rings. The highest BCUT2D eigenvalue weighted by Crippen LogP contribution is 2.34. The molecule has 35 heavy (non-hydrogen) atoms. The Bertz CT molecular complexity index is 1520. The Morgan fingerprint density at radius 3 is 2.51 bits per heavy atom. The summed E-state index contributed by atoms with van der Waals surface area (Å²) in [6.07, 6.45) is 2.23. The van der Waals surface area contributed by atoms with E-state index in [2.05, 4.69) is 5.32 Å². The number of amides is 1. The Hall–Kier alpha value is -4.39. The molecular formula is C28H24N2O5. The lowest BCUT2D eigenvalue weighted by atomic mass is 10.00. The van der Waals surface area contributed by atoms with Crippen LogP contribution in [0.5, 0.6) is 11.5 Å². The second-order valence-corrected chi connectivity index (χ2v) is 8.52. The zero-order chi connectivity index (χ0) is 24.5. The highest BCUT2D eigenvalue weighted by atomic mass is 16.7. The molecule has 1 aliphatic heterocycles. The lowest BCUT2D eigenvalue weighted by Crippen LogP contribution is -2.24. The molecular weight excluding hydrogens is 444 g/mol. The lowest BCUT2D eigenvalue weighted by Gasteiger charge is -2.14. The summed E-state index contributed by atoms with van der Waals surface area (Å²) in [6, 6.07) is 17.8. The molecule has 176 valence electrons. The molecule has 3 aromatic carbocycles. The number of aromatic nitrogens is 1. The third kappa shape index (κ3) is 4.40. The molecule has 7 heteroatoms. The fourth-order valence-electron chi connectivity index (χ4n) is 4.15. The third-order valence-corrected chi connectivity index (χ3v) is 6.08. The number of pyridine rings is 1. The maximum absolute atomic E-state index is 13.4. The highest BCUT2D eigenvalue weighted by Gasteiger charge is 2.19. The van der Waals surface area contributed by atoms with Crippen molar-refractivity contribution < 1.29 is 19.1 Å². The monoisotopic (exact) mass is 468 g/mol. The number of ether oxygens (including phenoxy) is 2. The van der Waals surface area contributed by atoms with E-state index in [-0.39, 0.29) is 36.0 Å². The van der Waals surface area contributed by atoms with Crippen LogP contribution in [0.15, 0.2) is 71.7 Å². The fourth-order valence-corrected chi connectivity index (χ4v) is 4.15. The van der Waals surface area contributed by atoms with Crippen LogP contribution in [0.25, 0.3) is 10.9 Å². The van der Waals surface area contributed by atoms with Gasteiger partial charge in [0.1, 0.15) is 6.54 Å². The van der Waals surface area contributed by atoms with Crippen molar-refractivity contribution in [3.05, 3.63) is 99.3 Å². The molecule has 2 heterocycles. The van der Waals surface area contributed by atoms with E-state index in [0.29, 0.717) is 33.7 Å². The Balaban J connectivity index is 1.52. The Labute approximate surface area is 201 Å². The molecule has 1 aliphatic rings. The van der Waals surface area contributed by atoms with Crippen molar-refractivity contribution in [3.63, 3.8) is 0 Å². The van der Waals surface area contributed by atoms with Crippen LogP contribution < -0.4 is 20.2 Å². The van der Waals surface area contributed by atoms with Crippen LogP contribution in [0.2, 0.25) is 0 Å². The standard InChI is InChI=1S/C28H24N2O5/c1-3-18-6-10-23-21(12-18)28(33)22(27(32)19-7-4-17(2)5-8-19)14-30(23)15-26(31)29-20-9-11-24-25(13-20)35-16-34-24/h4-14H,3,15-16H2,1-2H3,(H,29,31). The minimum absolute atomic E-state index is 0.0329. The van der Waals surface area contributed by atoms with Gasteiger partial charge in [0.15, 0.2) is 17.3 Å². The van der Waals surface area contributed by atoms with Gasteiger partial charge in [0.2, 0.25) is 18.1 Å². The van der Waals surface area contributed by atoms with Gasteiger partial charge in [0.25, 0.3) is 0 Å². The SMILES string of the molecule is CCc1ccc2c(c1)c(=O)c(C(=O)c1ccc(C)cc1)cn2CC(=O)Nc1ccc2c(c1)OCO2. The first-order valence-electron chi connectivity index (χ1n) is 11.4. The zero-order valence-corrected chi connectivity index (χ0v) is 19.5. The maximum Gasteiger partial charge on any atom is 0.244 e. The van der Waals surface area contributed by atoms with E-state index in [9.17, 15) is 14.4 Å². The minimum Gasteiger partial charge on any atom is -0.454 e. The van der Waals surface area contributed by atoms with Gasteiger partial charge in [-0.1, -0.05) is 42.8 Å². The van der Waals surface area contributed by atoms with Gasteiger partial charge in [0, 0.05) is 28.9 Å². The number of benzene rings is 3. The smallest absolute Gasteiger partial charge is 0.244 e. The molecule has 7 nitrogen and oxygen atoms in total. The third-order valence-electron chi connectivity index (χ3n) is 6.08. The summed E-state index contributed by atoms with van der Waals surface area (Å²) >= 11 is 0. The number of rotatable bonds is 6. The number of hydrogen-bond donors (Lipinski definition) is 1. The van der Waals surface area contributed by atoms with Crippen molar-refractivity contribution in [2.75, 3.05) is 12.1 Å². The molecule has 0 saturated carbocycles. The molecule has 0 bridgehead atoms. The molecule has 0 unspecified atom stereocenters. The number of ketones is 1. The number of carbonyl (C=O) groups excluding carboxylic acids is 2. The molecule has 0 fully saturated rings. The van der Waals surface area contributed by atoms with Crippen molar-refractivity contribution in [1.29, 1.82) is 0 Å². The molecule has 1 amide bonds. The van der Waals surface area contributed by atoms with Gasteiger partial charge >= 0.3 is 0 Å². The first kappa shape index (κ1) is 22.4. The van der Waals surface area contributed by atoms with Gasteiger partial charge in [-0.25, -0.2) is 0 Å². The number of nitrogens with zero attached hydrogens (tertiary/aromatic N) is 1. The van der Waals surface area contributed by atoms with Crippen molar-refractivity contribution >= 4 is 28.3 Å². The van der Waals surface area contributed by atoms with E-state index in [1.165, 1.54) is 6.20 Å². The number of anilines is 1. The zero-order valence-electron chi connectivity index (χ0n) is 19.5. The first-order chi connectivity index (χ1) is 16.9. The van der Waals surface area contributed by atoms with E-state index in [4.69, 9.17) is 9.47 Å². The quantitative estimate of drug-likeness (QED) is 0.422. The highest BCUT2D eigenvalue weighted by molar-refractivity contribution is 6.10. The van der Waals surface area contributed by atoms with Gasteiger partial charge < -0.3 is 19.4 Å². The molecule has 1 aromatic heterocycles. The van der Waals surface area contributed by atoms with Crippen LogP contribution >= 0.6 is 0 Å². The van der Waals surface area contributed by atoms with Gasteiger partial charge in [-0.05, 0) is 43.2 Å². The Morgan fingerprint density at radius 2 is 1.74 bits per heavy atom. The molecule has 0 spiro atoms. The molecule has 0 aliphatic carbocycles. The number of hydrogen-bond acceptors (Lipinski definition) is 5. The normalized spacial score (nSPS) is 12.1. The number of aryl methyl sites for hydroxylation is 2. The van der Waals surface area contributed by atoms with E-state index in [1.807, 2.05) is 38.1 Å². The predicted molar refractivity (Wildman–Crippen MR) is 133 cm³/mol. The summed E-state index contributed by atoms with van der Waals surface area (Å²) in [6.45, 7) is 4.00. The maximum atomic E-state index is 13.4. The van der Waals surface area contributed by atoms with Gasteiger partial charge in [-0.15, -0.1) is 0 Å². The molecule has 0 radical (unpaired) electrons. The number of fused-ring (bicyclic) bond motifs is 2. The van der Waals surface area contributed by atoms with Crippen LogP contribution in [0.1, 0.15) is 34.0 Å².